The molecule has 3 aromatic heterocycles. The van der Waals surface area contributed by atoms with E-state index in [2.05, 4.69) is 185 Å². The highest BCUT2D eigenvalue weighted by Crippen LogP contribution is 2.39. The highest BCUT2D eigenvalue weighted by molar-refractivity contribution is 6.19. The standard InChI is InChI=1S/C47H29N5/c1-2-16-36(17-3-1)51-41-20-10-8-18-37(41)39-29-44-40(28-43(39)51)38-19-9-11-21-42(38)52(44)47-49-45(34-24-22-30-12-4-6-14-32(30)26-34)48-46(50-47)35-25-23-31-13-5-7-15-33(31)27-35/h1-29H. The molecule has 0 aliphatic heterocycles. The second kappa shape index (κ2) is 11.2. The van der Waals surface area contributed by atoms with E-state index in [-0.39, 0.29) is 0 Å². The van der Waals surface area contributed by atoms with E-state index in [1.807, 2.05) is 0 Å². The second-order valence-electron chi connectivity index (χ2n) is 13.3. The van der Waals surface area contributed by atoms with Gasteiger partial charge in [0.1, 0.15) is 0 Å². The molecule has 8 aromatic carbocycles. The lowest BCUT2D eigenvalue weighted by Gasteiger charge is -2.12. The third-order valence-corrected chi connectivity index (χ3v) is 10.3. The van der Waals surface area contributed by atoms with Crippen LogP contribution in [0.3, 0.4) is 0 Å². The van der Waals surface area contributed by atoms with Gasteiger partial charge in [-0.15, -0.1) is 0 Å². The van der Waals surface area contributed by atoms with Crippen LogP contribution in [-0.2, 0) is 0 Å². The molecule has 0 amide bonds. The number of rotatable bonds is 4. The number of benzene rings is 8. The van der Waals surface area contributed by atoms with Gasteiger partial charge in [-0.2, -0.15) is 9.97 Å². The van der Waals surface area contributed by atoms with Crippen LogP contribution in [0.2, 0.25) is 0 Å². The van der Waals surface area contributed by atoms with Crippen LogP contribution < -0.4 is 0 Å². The van der Waals surface area contributed by atoms with Gasteiger partial charge >= 0.3 is 0 Å². The molecule has 0 spiro atoms. The molecule has 11 aromatic rings. The Balaban J connectivity index is 1.23. The summed E-state index contributed by atoms with van der Waals surface area (Å²) in [6.45, 7) is 0. The molecule has 0 unspecified atom stereocenters. The third kappa shape index (κ3) is 4.39. The smallest absolute Gasteiger partial charge is 0.238 e. The van der Waals surface area contributed by atoms with Crippen LogP contribution in [0, 0.1) is 0 Å². The average molecular weight is 664 g/mol. The van der Waals surface area contributed by atoms with E-state index in [0.717, 1.165) is 54.9 Å². The number of nitrogens with zero attached hydrogens (tertiary/aromatic N) is 5. The van der Waals surface area contributed by atoms with Gasteiger partial charge in [-0.05, 0) is 70.1 Å². The van der Waals surface area contributed by atoms with Crippen molar-refractivity contribution < 1.29 is 0 Å². The van der Waals surface area contributed by atoms with Gasteiger partial charge in [0.25, 0.3) is 0 Å². The van der Waals surface area contributed by atoms with E-state index in [0.29, 0.717) is 17.6 Å². The summed E-state index contributed by atoms with van der Waals surface area (Å²) in [7, 11) is 0. The lowest BCUT2D eigenvalue weighted by Crippen LogP contribution is -2.06. The first-order valence-electron chi connectivity index (χ1n) is 17.5. The zero-order chi connectivity index (χ0) is 34.2. The first kappa shape index (κ1) is 28.7. The number of hydrogen-bond donors (Lipinski definition) is 0. The highest BCUT2D eigenvalue weighted by Gasteiger charge is 2.21. The molecule has 242 valence electrons. The molecule has 0 saturated heterocycles. The molecule has 0 atom stereocenters. The topological polar surface area (TPSA) is 48.5 Å². The van der Waals surface area contributed by atoms with E-state index in [1.54, 1.807) is 0 Å². The summed E-state index contributed by atoms with van der Waals surface area (Å²) in [5, 5.41) is 9.30. The quantitative estimate of drug-likeness (QED) is 0.188. The van der Waals surface area contributed by atoms with E-state index in [1.165, 1.54) is 27.1 Å². The Morgan fingerprint density at radius 1 is 0.308 bits per heavy atom. The van der Waals surface area contributed by atoms with Gasteiger partial charge in [0.15, 0.2) is 11.6 Å². The maximum Gasteiger partial charge on any atom is 0.238 e. The molecule has 0 aliphatic carbocycles. The number of para-hydroxylation sites is 3. The summed E-state index contributed by atoms with van der Waals surface area (Å²) >= 11 is 0. The highest BCUT2D eigenvalue weighted by atomic mass is 15.2. The van der Waals surface area contributed by atoms with Gasteiger partial charge in [-0.25, -0.2) is 4.98 Å². The summed E-state index contributed by atoms with van der Waals surface area (Å²) in [4.78, 5) is 15.7. The van der Waals surface area contributed by atoms with E-state index >= 15 is 0 Å². The van der Waals surface area contributed by atoms with Crippen LogP contribution in [0.25, 0.3) is 99.6 Å². The molecule has 5 heteroatoms. The predicted octanol–water partition coefficient (Wildman–Crippen LogP) is 11.7. The molecule has 0 N–H and O–H groups in total. The van der Waals surface area contributed by atoms with Crippen molar-refractivity contribution in [3.63, 3.8) is 0 Å². The first-order valence-corrected chi connectivity index (χ1v) is 17.5. The van der Waals surface area contributed by atoms with E-state index in [4.69, 9.17) is 15.0 Å². The van der Waals surface area contributed by atoms with Crippen molar-refractivity contribution >= 4 is 65.2 Å². The number of hydrogen-bond acceptors (Lipinski definition) is 3. The Hall–Kier alpha value is -7.11. The molecule has 0 fully saturated rings. The van der Waals surface area contributed by atoms with Gasteiger partial charge in [0, 0.05) is 38.4 Å². The van der Waals surface area contributed by atoms with Crippen LogP contribution >= 0.6 is 0 Å². The Kier molecular flexibility index (Phi) is 6.18. The summed E-state index contributed by atoms with van der Waals surface area (Å²) < 4.78 is 4.59. The fourth-order valence-electron chi connectivity index (χ4n) is 7.88. The molecule has 0 aliphatic rings. The average Bonchev–Trinajstić information content (AvgIpc) is 3.71. The molecule has 3 heterocycles. The molecule has 11 rings (SSSR count). The SMILES string of the molecule is c1ccc(-n2c3ccccc3c3cc4c(cc32)c2ccccc2n4-c2nc(-c3ccc4ccccc4c3)nc(-c3ccc4ccccc4c3)n2)cc1. The normalized spacial score (nSPS) is 11.8. The Morgan fingerprint density at radius 3 is 1.35 bits per heavy atom. The largest absolute Gasteiger partial charge is 0.309 e. The number of aromatic nitrogens is 5. The fraction of sp³-hybridized carbons (Fsp3) is 0. The van der Waals surface area contributed by atoms with Gasteiger partial charge in [0.2, 0.25) is 5.95 Å². The van der Waals surface area contributed by atoms with Crippen molar-refractivity contribution in [3.05, 3.63) is 176 Å². The Labute approximate surface area is 298 Å². The van der Waals surface area contributed by atoms with E-state index in [9.17, 15) is 0 Å². The minimum atomic E-state index is 0.582. The zero-order valence-corrected chi connectivity index (χ0v) is 28.0. The predicted molar refractivity (Wildman–Crippen MR) is 214 cm³/mol. The summed E-state index contributed by atoms with van der Waals surface area (Å²) in [5.74, 6) is 1.84. The second-order valence-corrected chi connectivity index (χ2v) is 13.3. The maximum absolute atomic E-state index is 5.27. The van der Waals surface area contributed by atoms with Crippen LogP contribution in [-0.4, -0.2) is 24.1 Å². The van der Waals surface area contributed by atoms with Crippen molar-refractivity contribution in [1.82, 2.24) is 24.1 Å². The molecule has 0 saturated carbocycles. The summed E-state index contributed by atoms with van der Waals surface area (Å²) in [5.41, 5.74) is 7.44. The first-order chi connectivity index (χ1) is 25.8. The molecular weight excluding hydrogens is 635 g/mol. The summed E-state index contributed by atoms with van der Waals surface area (Å²) in [6.07, 6.45) is 0. The lowest BCUT2D eigenvalue weighted by atomic mass is 10.1. The van der Waals surface area contributed by atoms with Gasteiger partial charge in [0.05, 0.1) is 22.1 Å². The zero-order valence-electron chi connectivity index (χ0n) is 28.0. The van der Waals surface area contributed by atoms with Crippen molar-refractivity contribution in [3.8, 4) is 34.4 Å². The monoisotopic (exact) mass is 663 g/mol. The number of fused-ring (bicyclic) bond motifs is 8. The van der Waals surface area contributed by atoms with Crippen molar-refractivity contribution in [2.45, 2.75) is 0 Å². The Bertz CT molecular complexity index is 3090. The van der Waals surface area contributed by atoms with Crippen molar-refractivity contribution in [1.29, 1.82) is 0 Å². The van der Waals surface area contributed by atoms with Gasteiger partial charge in [-0.1, -0.05) is 127 Å². The van der Waals surface area contributed by atoms with Crippen LogP contribution in [0.5, 0.6) is 0 Å². The van der Waals surface area contributed by atoms with Gasteiger partial charge in [-0.3, -0.25) is 4.57 Å². The van der Waals surface area contributed by atoms with Crippen LogP contribution in [0.1, 0.15) is 0 Å². The van der Waals surface area contributed by atoms with Crippen LogP contribution in [0.4, 0.5) is 0 Å². The molecule has 52 heavy (non-hydrogen) atoms. The molecule has 0 bridgehead atoms. The van der Waals surface area contributed by atoms with Crippen molar-refractivity contribution in [2.75, 3.05) is 0 Å². The van der Waals surface area contributed by atoms with E-state index < -0.39 is 0 Å². The van der Waals surface area contributed by atoms with Crippen molar-refractivity contribution in [2.24, 2.45) is 0 Å². The minimum Gasteiger partial charge on any atom is -0.309 e. The summed E-state index contributed by atoms with van der Waals surface area (Å²) in [6, 6.07) is 62.1. The molecule has 0 radical (unpaired) electrons. The third-order valence-electron chi connectivity index (χ3n) is 10.3. The fourth-order valence-corrected chi connectivity index (χ4v) is 7.88. The van der Waals surface area contributed by atoms with Gasteiger partial charge < -0.3 is 4.57 Å². The molecule has 5 nitrogen and oxygen atoms in total. The Morgan fingerprint density at radius 2 is 0.769 bits per heavy atom. The minimum absolute atomic E-state index is 0.582. The maximum atomic E-state index is 5.27. The molecular formula is C47H29N5. The van der Waals surface area contributed by atoms with Crippen LogP contribution in [0.15, 0.2) is 176 Å². The lowest BCUT2D eigenvalue weighted by molar-refractivity contribution is 0.954.